The molecule has 0 amide bonds. The van der Waals surface area contributed by atoms with Gasteiger partial charge in [0.05, 0.1) is 4.92 Å². The van der Waals surface area contributed by atoms with Gasteiger partial charge in [-0.3, -0.25) is 19.9 Å². The Hall–Kier alpha value is -2.44. The van der Waals surface area contributed by atoms with Crippen molar-refractivity contribution in [3.8, 4) is 0 Å². The maximum Gasteiger partial charge on any atom is 0.269 e. The number of nitrogens with zero attached hydrogens (tertiary/aromatic N) is 3. The lowest BCUT2D eigenvalue weighted by Crippen LogP contribution is -2.47. The summed E-state index contributed by atoms with van der Waals surface area (Å²) in [4.78, 5) is 15.2. The van der Waals surface area contributed by atoms with Gasteiger partial charge in [0.1, 0.15) is 0 Å². The van der Waals surface area contributed by atoms with Crippen molar-refractivity contribution in [3.63, 3.8) is 0 Å². The minimum Gasteiger partial charge on any atom is -0.384 e. The fraction of sp³-hybridized carbons (Fsp3) is 0.368. The number of benzene rings is 2. The molecule has 132 valence electrons. The highest BCUT2D eigenvalue weighted by Gasteiger charge is 2.16. The number of nitrogens with one attached hydrogen (secondary N) is 1. The van der Waals surface area contributed by atoms with Gasteiger partial charge in [-0.25, -0.2) is 0 Å². The van der Waals surface area contributed by atoms with Gasteiger partial charge < -0.3 is 5.32 Å². The smallest absolute Gasteiger partial charge is 0.269 e. The highest BCUT2D eigenvalue weighted by Crippen LogP contribution is 2.15. The van der Waals surface area contributed by atoms with Crippen LogP contribution in [-0.2, 0) is 6.54 Å². The van der Waals surface area contributed by atoms with Gasteiger partial charge in [-0.05, 0) is 17.7 Å². The molecule has 25 heavy (non-hydrogen) atoms. The van der Waals surface area contributed by atoms with E-state index in [1.165, 1.54) is 17.7 Å². The largest absolute Gasteiger partial charge is 0.384 e. The van der Waals surface area contributed by atoms with E-state index in [2.05, 4.69) is 45.4 Å². The second-order valence-electron chi connectivity index (χ2n) is 6.33. The maximum absolute atomic E-state index is 10.6. The molecule has 0 bridgehead atoms. The monoisotopic (exact) mass is 340 g/mol. The summed E-state index contributed by atoms with van der Waals surface area (Å²) in [6.07, 6.45) is 0. The van der Waals surface area contributed by atoms with E-state index in [0.717, 1.165) is 51.5 Å². The van der Waals surface area contributed by atoms with Gasteiger partial charge in [-0.1, -0.05) is 30.3 Å². The second kappa shape index (κ2) is 8.60. The third-order valence-electron chi connectivity index (χ3n) is 4.55. The van der Waals surface area contributed by atoms with Gasteiger partial charge in [0.25, 0.3) is 5.69 Å². The maximum atomic E-state index is 10.6. The molecule has 0 aromatic heterocycles. The van der Waals surface area contributed by atoms with Crippen LogP contribution in [0.5, 0.6) is 0 Å². The third-order valence-corrected chi connectivity index (χ3v) is 4.55. The Kier molecular flexibility index (Phi) is 5.98. The Morgan fingerprint density at radius 1 is 0.920 bits per heavy atom. The molecule has 1 N–H and O–H groups in total. The first-order valence-electron chi connectivity index (χ1n) is 8.68. The van der Waals surface area contributed by atoms with Gasteiger partial charge in [0, 0.05) is 63.6 Å². The van der Waals surface area contributed by atoms with Crippen LogP contribution in [0.25, 0.3) is 0 Å². The zero-order chi connectivity index (χ0) is 17.5. The Labute approximate surface area is 148 Å². The number of nitro groups is 1. The number of hydrogen-bond acceptors (Lipinski definition) is 5. The van der Waals surface area contributed by atoms with Gasteiger partial charge >= 0.3 is 0 Å². The predicted octanol–water partition coefficient (Wildman–Crippen LogP) is 2.82. The van der Waals surface area contributed by atoms with E-state index < -0.39 is 0 Å². The van der Waals surface area contributed by atoms with E-state index in [0.29, 0.717) is 0 Å². The van der Waals surface area contributed by atoms with Crippen LogP contribution in [0.4, 0.5) is 11.4 Å². The van der Waals surface area contributed by atoms with Crippen molar-refractivity contribution in [1.29, 1.82) is 0 Å². The SMILES string of the molecule is O=[N+]([O-])c1ccc(NCCN2CCN(Cc3ccccc3)CC2)cc1. The molecule has 3 rings (SSSR count). The first kappa shape index (κ1) is 17.4. The molecule has 0 atom stereocenters. The Morgan fingerprint density at radius 2 is 1.56 bits per heavy atom. The molecule has 2 aromatic carbocycles. The minimum absolute atomic E-state index is 0.125. The molecule has 1 heterocycles. The Bertz CT molecular complexity index is 668. The van der Waals surface area contributed by atoms with Crippen molar-refractivity contribution in [2.45, 2.75) is 6.54 Å². The number of rotatable bonds is 7. The minimum atomic E-state index is -0.376. The van der Waals surface area contributed by atoms with Crippen LogP contribution in [0.2, 0.25) is 0 Å². The summed E-state index contributed by atoms with van der Waals surface area (Å²) in [6.45, 7) is 7.19. The van der Waals surface area contributed by atoms with Gasteiger partial charge in [-0.15, -0.1) is 0 Å². The van der Waals surface area contributed by atoms with Crippen molar-refractivity contribution in [1.82, 2.24) is 9.80 Å². The van der Waals surface area contributed by atoms with E-state index in [1.54, 1.807) is 12.1 Å². The van der Waals surface area contributed by atoms with Crippen LogP contribution >= 0.6 is 0 Å². The van der Waals surface area contributed by atoms with Crippen molar-refractivity contribution in [2.75, 3.05) is 44.6 Å². The summed E-state index contributed by atoms with van der Waals surface area (Å²) < 4.78 is 0. The lowest BCUT2D eigenvalue weighted by molar-refractivity contribution is -0.384. The molecule has 1 aliphatic heterocycles. The number of non-ortho nitro benzene ring substituents is 1. The summed E-state index contributed by atoms with van der Waals surface area (Å²) in [5.74, 6) is 0. The van der Waals surface area contributed by atoms with E-state index >= 15 is 0 Å². The molecule has 1 fully saturated rings. The van der Waals surface area contributed by atoms with E-state index in [4.69, 9.17) is 0 Å². The van der Waals surface area contributed by atoms with Gasteiger partial charge in [0.2, 0.25) is 0 Å². The number of nitro benzene ring substituents is 1. The summed E-state index contributed by atoms with van der Waals surface area (Å²) in [7, 11) is 0. The molecule has 6 heteroatoms. The molecule has 0 radical (unpaired) electrons. The predicted molar refractivity (Wildman–Crippen MR) is 99.7 cm³/mol. The van der Waals surface area contributed by atoms with Crippen LogP contribution in [-0.4, -0.2) is 54.0 Å². The quantitative estimate of drug-likeness (QED) is 0.620. The standard InChI is InChI=1S/C19H24N4O2/c24-23(25)19-8-6-18(7-9-19)20-10-11-21-12-14-22(15-13-21)16-17-4-2-1-3-5-17/h1-9,20H,10-16H2. The molecule has 6 nitrogen and oxygen atoms in total. The molecular weight excluding hydrogens is 316 g/mol. The number of anilines is 1. The second-order valence-corrected chi connectivity index (χ2v) is 6.33. The third kappa shape index (κ3) is 5.27. The zero-order valence-corrected chi connectivity index (χ0v) is 14.3. The van der Waals surface area contributed by atoms with Crippen molar-refractivity contribution < 1.29 is 4.92 Å². The Balaban J connectivity index is 1.36. The molecule has 0 spiro atoms. The summed E-state index contributed by atoms with van der Waals surface area (Å²) in [6, 6.07) is 17.2. The van der Waals surface area contributed by atoms with Crippen molar-refractivity contribution in [3.05, 3.63) is 70.3 Å². The lowest BCUT2D eigenvalue weighted by atomic mass is 10.2. The fourth-order valence-corrected chi connectivity index (χ4v) is 3.07. The van der Waals surface area contributed by atoms with Crippen LogP contribution in [0.1, 0.15) is 5.56 Å². The van der Waals surface area contributed by atoms with Crippen LogP contribution in [0, 0.1) is 10.1 Å². The highest BCUT2D eigenvalue weighted by molar-refractivity contribution is 5.48. The molecule has 1 saturated heterocycles. The van der Waals surface area contributed by atoms with E-state index in [1.807, 2.05) is 0 Å². The average molecular weight is 340 g/mol. The normalized spacial score (nSPS) is 15.8. The first-order chi connectivity index (χ1) is 12.2. The Morgan fingerprint density at radius 3 is 2.20 bits per heavy atom. The fourth-order valence-electron chi connectivity index (χ4n) is 3.07. The first-order valence-corrected chi connectivity index (χ1v) is 8.68. The lowest BCUT2D eigenvalue weighted by Gasteiger charge is -2.34. The van der Waals surface area contributed by atoms with Crippen molar-refractivity contribution in [2.24, 2.45) is 0 Å². The van der Waals surface area contributed by atoms with E-state index in [9.17, 15) is 10.1 Å². The highest BCUT2D eigenvalue weighted by atomic mass is 16.6. The van der Waals surface area contributed by atoms with E-state index in [-0.39, 0.29) is 10.6 Å². The van der Waals surface area contributed by atoms with Crippen LogP contribution in [0.15, 0.2) is 54.6 Å². The molecular formula is C19H24N4O2. The molecule has 2 aromatic rings. The number of piperazine rings is 1. The number of hydrogen-bond donors (Lipinski definition) is 1. The summed E-state index contributed by atoms with van der Waals surface area (Å²) in [5, 5.41) is 14.0. The average Bonchev–Trinajstić information content (AvgIpc) is 2.64. The van der Waals surface area contributed by atoms with Gasteiger partial charge in [-0.2, -0.15) is 0 Å². The topological polar surface area (TPSA) is 61.7 Å². The molecule has 0 unspecified atom stereocenters. The van der Waals surface area contributed by atoms with Gasteiger partial charge in [0.15, 0.2) is 0 Å². The summed E-state index contributed by atoms with van der Waals surface area (Å²) >= 11 is 0. The molecule has 1 aliphatic rings. The van der Waals surface area contributed by atoms with Crippen LogP contribution < -0.4 is 5.32 Å². The zero-order valence-electron chi connectivity index (χ0n) is 14.3. The molecule has 0 saturated carbocycles. The van der Waals surface area contributed by atoms with Crippen LogP contribution in [0.3, 0.4) is 0 Å². The summed E-state index contributed by atoms with van der Waals surface area (Å²) in [5.41, 5.74) is 2.42. The molecule has 0 aliphatic carbocycles. The van der Waals surface area contributed by atoms with Crippen molar-refractivity contribution >= 4 is 11.4 Å².